The highest BCUT2D eigenvalue weighted by molar-refractivity contribution is 6.00. The van der Waals surface area contributed by atoms with Crippen molar-refractivity contribution in [1.82, 2.24) is 4.98 Å². The molecule has 0 unspecified atom stereocenters. The van der Waals surface area contributed by atoms with Gasteiger partial charge in [-0.15, -0.1) is 0 Å². The molecule has 5 heteroatoms. The van der Waals surface area contributed by atoms with Crippen molar-refractivity contribution in [1.29, 1.82) is 0 Å². The summed E-state index contributed by atoms with van der Waals surface area (Å²) in [5.41, 5.74) is 3.19. The first-order chi connectivity index (χ1) is 10.2. The highest BCUT2D eigenvalue weighted by Gasteiger charge is 2.10. The van der Waals surface area contributed by atoms with E-state index in [4.69, 9.17) is 14.7 Å². The molecule has 1 heterocycles. The maximum absolute atomic E-state index is 8.97. The van der Waals surface area contributed by atoms with Gasteiger partial charge in [0.15, 0.2) is 0 Å². The summed E-state index contributed by atoms with van der Waals surface area (Å²) in [7, 11) is 1.58. The molecular weight excluding hydrogens is 268 g/mol. The molecular formula is C16H18N2O3. The minimum absolute atomic E-state index is 0.325. The molecule has 0 saturated heterocycles. The monoisotopic (exact) mass is 286 g/mol. The van der Waals surface area contributed by atoms with Gasteiger partial charge in [0, 0.05) is 11.8 Å². The predicted molar refractivity (Wildman–Crippen MR) is 80.3 cm³/mol. The van der Waals surface area contributed by atoms with Gasteiger partial charge in [0.1, 0.15) is 12.4 Å². The Hall–Kier alpha value is -2.56. The fourth-order valence-corrected chi connectivity index (χ4v) is 1.98. The first-order valence-electron chi connectivity index (χ1n) is 6.56. The lowest BCUT2D eigenvalue weighted by molar-refractivity contribution is 0.292. The molecule has 1 N–H and O–H groups in total. The van der Waals surface area contributed by atoms with Gasteiger partial charge >= 0.3 is 0 Å². The number of nitrogens with zero attached hydrogens (tertiary/aromatic N) is 2. The molecule has 0 amide bonds. The van der Waals surface area contributed by atoms with Crippen molar-refractivity contribution in [3.63, 3.8) is 0 Å². The van der Waals surface area contributed by atoms with E-state index in [2.05, 4.69) is 10.1 Å². The fourth-order valence-electron chi connectivity index (χ4n) is 1.98. The standard InChI is InChI=1S/C16H18N2O3/c1-11-6-7-15(14(9-11)12(2)18-19)21-10-13-5-4-8-17-16(13)20-3/h4-9,19H,10H2,1-3H3/b18-12+. The molecule has 1 aromatic heterocycles. The van der Waals surface area contributed by atoms with Crippen LogP contribution in [0.1, 0.15) is 23.6 Å². The minimum Gasteiger partial charge on any atom is -0.488 e. The zero-order chi connectivity index (χ0) is 15.2. The number of ether oxygens (including phenoxy) is 2. The highest BCUT2D eigenvalue weighted by atomic mass is 16.5. The predicted octanol–water partition coefficient (Wildman–Crippen LogP) is 3.18. The normalized spacial score (nSPS) is 11.3. The number of rotatable bonds is 5. The van der Waals surface area contributed by atoms with Crippen LogP contribution in [0.3, 0.4) is 0 Å². The van der Waals surface area contributed by atoms with E-state index in [0.717, 1.165) is 16.7 Å². The van der Waals surface area contributed by atoms with Crippen LogP contribution in [0.5, 0.6) is 11.6 Å². The van der Waals surface area contributed by atoms with Crippen molar-refractivity contribution < 1.29 is 14.7 Å². The first kappa shape index (κ1) is 14.8. The second-order valence-corrected chi connectivity index (χ2v) is 4.65. The molecule has 1 aromatic carbocycles. The Morgan fingerprint density at radius 1 is 1.33 bits per heavy atom. The van der Waals surface area contributed by atoms with Crippen molar-refractivity contribution in [3.8, 4) is 11.6 Å². The quantitative estimate of drug-likeness (QED) is 0.521. The van der Waals surface area contributed by atoms with Crippen molar-refractivity contribution >= 4 is 5.71 Å². The average Bonchev–Trinajstić information content (AvgIpc) is 2.53. The average molecular weight is 286 g/mol. The summed E-state index contributed by atoms with van der Waals surface area (Å²) in [5, 5.41) is 12.2. The lowest BCUT2D eigenvalue weighted by Crippen LogP contribution is -2.04. The number of pyridine rings is 1. The Morgan fingerprint density at radius 2 is 2.14 bits per heavy atom. The number of hydrogen-bond acceptors (Lipinski definition) is 5. The Morgan fingerprint density at radius 3 is 2.86 bits per heavy atom. The Balaban J connectivity index is 2.24. The second-order valence-electron chi connectivity index (χ2n) is 4.65. The molecule has 21 heavy (non-hydrogen) atoms. The van der Waals surface area contributed by atoms with Crippen LogP contribution in [0.2, 0.25) is 0 Å². The van der Waals surface area contributed by atoms with Crippen molar-refractivity contribution in [2.45, 2.75) is 20.5 Å². The van der Waals surface area contributed by atoms with Crippen LogP contribution >= 0.6 is 0 Å². The lowest BCUT2D eigenvalue weighted by Gasteiger charge is -2.13. The Bertz CT molecular complexity index is 654. The Labute approximate surface area is 123 Å². The van der Waals surface area contributed by atoms with E-state index in [1.54, 1.807) is 20.2 Å². The van der Waals surface area contributed by atoms with Gasteiger partial charge in [0.05, 0.1) is 18.4 Å². The van der Waals surface area contributed by atoms with Gasteiger partial charge in [-0.3, -0.25) is 0 Å². The summed E-state index contributed by atoms with van der Waals surface area (Å²) in [5.74, 6) is 1.19. The van der Waals surface area contributed by atoms with Crippen LogP contribution in [0.4, 0.5) is 0 Å². The summed E-state index contributed by atoms with van der Waals surface area (Å²) < 4.78 is 11.0. The molecule has 2 aromatic rings. The number of methoxy groups -OCH3 is 1. The SMILES string of the molecule is COc1ncccc1COc1ccc(C)cc1/C(C)=N/O. The molecule has 0 aliphatic heterocycles. The van der Waals surface area contributed by atoms with Crippen molar-refractivity contribution in [3.05, 3.63) is 53.2 Å². The summed E-state index contributed by atoms with van der Waals surface area (Å²) >= 11 is 0. The first-order valence-corrected chi connectivity index (χ1v) is 6.56. The van der Waals surface area contributed by atoms with Crippen molar-refractivity contribution in [2.75, 3.05) is 7.11 Å². The van der Waals surface area contributed by atoms with E-state index in [0.29, 0.717) is 23.9 Å². The van der Waals surface area contributed by atoms with Crippen LogP contribution in [0, 0.1) is 6.92 Å². The van der Waals surface area contributed by atoms with Crippen LogP contribution in [-0.4, -0.2) is 23.0 Å². The van der Waals surface area contributed by atoms with Gasteiger partial charge in [-0.1, -0.05) is 16.8 Å². The molecule has 0 aliphatic carbocycles. The van der Waals surface area contributed by atoms with E-state index in [-0.39, 0.29) is 0 Å². The number of oxime groups is 1. The molecule has 0 radical (unpaired) electrons. The van der Waals surface area contributed by atoms with Crippen molar-refractivity contribution in [2.24, 2.45) is 5.16 Å². The maximum atomic E-state index is 8.97. The van der Waals surface area contributed by atoms with Crippen LogP contribution in [0.15, 0.2) is 41.7 Å². The molecule has 0 saturated carbocycles. The molecule has 0 atom stereocenters. The van der Waals surface area contributed by atoms with Gasteiger partial charge in [-0.05, 0) is 38.1 Å². The third-order valence-corrected chi connectivity index (χ3v) is 3.10. The third-order valence-electron chi connectivity index (χ3n) is 3.10. The molecule has 0 fully saturated rings. The maximum Gasteiger partial charge on any atom is 0.219 e. The number of hydrogen-bond donors (Lipinski definition) is 1. The summed E-state index contributed by atoms with van der Waals surface area (Å²) in [6.45, 7) is 4.03. The van der Waals surface area contributed by atoms with Gasteiger partial charge in [-0.2, -0.15) is 0 Å². The molecule has 2 rings (SSSR count). The zero-order valence-corrected chi connectivity index (χ0v) is 12.3. The highest BCUT2D eigenvalue weighted by Crippen LogP contribution is 2.23. The third kappa shape index (κ3) is 3.51. The van der Waals surface area contributed by atoms with Crippen LogP contribution in [-0.2, 0) is 6.61 Å². The molecule has 110 valence electrons. The van der Waals surface area contributed by atoms with E-state index >= 15 is 0 Å². The lowest BCUT2D eigenvalue weighted by atomic mass is 10.1. The van der Waals surface area contributed by atoms with Gasteiger partial charge in [0.25, 0.3) is 0 Å². The summed E-state index contributed by atoms with van der Waals surface area (Å²) in [6.07, 6.45) is 1.67. The largest absolute Gasteiger partial charge is 0.488 e. The Kier molecular flexibility index (Phi) is 4.77. The van der Waals surface area contributed by atoms with Gasteiger partial charge in [-0.25, -0.2) is 4.98 Å². The van der Waals surface area contributed by atoms with E-state index < -0.39 is 0 Å². The van der Waals surface area contributed by atoms with Gasteiger partial charge in [0.2, 0.25) is 5.88 Å². The fraction of sp³-hybridized carbons (Fsp3) is 0.250. The zero-order valence-electron chi connectivity index (χ0n) is 12.3. The molecule has 5 nitrogen and oxygen atoms in total. The van der Waals surface area contributed by atoms with Crippen LogP contribution in [0.25, 0.3) is 0 Å². The van der Waals surface area contributed by atoms with Gasteiger partial charge < -0.3 is 14.7 Å². The van der Waals surface area contributed by atoms with Crippen LogP contribution < -0.4 is 9.47 Å². The molecule has 0 spiro atoms. The summed E-state index contributed by atoms with van der Waals surface area (Å²) in [4.78, 5) is 4.13. The van der Waals surface area contributed by atoms with E-state index in [1.165, 1.54) is 0 Å². The minimum atomic E-state index is 0.325. The molecule has 0 bridgehead atoms. The number of aryl methyl sites for hydroxylation is 1. The number of benzene rings is 1. The van der Waals surface area contributed by atoms with E-state index in [9.17, 15) is 0 Å². The molecule has 0 aliphatic rings. The smallest absolute Gasteiger partial charge is 0.219 e. The number of aromatic nitrogens is 1. The topological polar surface area (TPSA) is 63.9 Å². The summed E-state index contributed by atoms with van der Waals surface area (Å²) in [6, 6.07) is 9.46. The van der Waals surface area contributed by atoms with E-state index in [1.807, 2.05) is 37.3 Å². The second kappa shape index (κ2) is 6.74.